The number of amides is 3. The molecule has 3 amide bonds. The minimum absolute atomic E-state index is 0.148. The monoisotopic (exact) mass is 450 g/mol. The lowest BCUT2D eigenvalue weighted by Gasteiger charge is -2.34. The SMILES string of the molecule is O=C(CN1C(=O)NC2(CCC(F)(F)CC2)C1=O)c1ccc(-c2cccc3cccnc23)nc1. The Bertz CT molecular complexity index is 1260. The van der Waals surface area contributed by atoms with Crippen LogP contribution in [0.4, 0.5) is 13.6 Å². The maximum Gasteiger partial charge on any atom is 0.325 e. The molecule has 2 fully saturated rings. The molecule has 1 aliphatic heterocycles. The number of ketones is 1. The van der Waals surface area contributed by atoms with E-state index in [2.05, 4.69) is 15.3 Å². The number of pyridine rings is 2. The zero-order chi connectivity index (χ0) is 23.2. The normalized spacial score (nSPS) is 19.2. The minimum atomic E-state index is -2.84. The van der Waals surface area contributed by atoms with Crippen LogP contribution in [0.5, 0.6) is 0 Å². The van der Waals surface area contributed by atoms with Gasteiger partial charge in [0.25, 0.3) is 5.91 Å². The summed E-state index contributed by atoms with van der Waals surface area (Å²) in [5.41, 5.74) is 1.13. The summed E-state index contributed by atoms with van der Waals surface area (Å²) >= 11 is 0. The lowest BCUT2D eigenvalue weighted by Crippen LogP contribution is -2.51. The van der Waals surface area contributed by atoms with Crippen LogP contribution in [0.1, 0.15) is 36.0 Å². The molecule has 2 aliphatic rings. The summed E-state index contributed by atoms with van der Waals surface area (Å²) in [6, 6.07) is 12.1. The molecule has 5 rings (SSSR count). The van der Waals surface area contributed by atoms with E-state index in [1.165, 1.54) is 6.20 Å². The Morgan fingerprint density at radius 2 is 1.76 bits per heavy atom. The molecule has 0 unspecified atom stereocenters. The molecule has 0 bridgehead atoms. The van der Waals surface area contributed by atoms with Crippen molar-refractivity contribution < 1.29 is 23.2 Å². The highest BCUT2D eigenvalue weighted by Gasteiger charge is 2.55. The van der Waals surface area contributed by atoms with Crippen molar-refractivity contribution in [3.63, 3.8) is 0 Å². The number of aromatic nitrogens is 2. The molecule has 1 aliphatic carbocycles. The zero-order valence-electron chi connectivity index (χ0n) is 17.6. The number of imide groups is 1. The van der Waals surface area contributed by atoms with Crippen molar-refractivity contribution in [2.75, 3.05) is 6.54 Å². The van der Waals surface area contributed by atoms with Crippen LogP contribution in [0.15, 0.2) is 54.9 Å². The second-order valence-corrected chi connectivity index (χ2v) is 8.50. The summed E-state index contributed by atoms with van der Waals surface area (Å²) in [7, 11) is 0. The van der Waals surface area contributed by atoms with Crippen molar-refractivity contribution in [1.29, 1.82) is 0 Å². The highest BCUT2D eigenvalue weighted by molar-refractivity contribution is 6.11. The number of halogens is 2. The molecule has 1 spiro atoms. The van der Waals surface area contributed by atoms with Crippen LogP contribution in [0, 0.1) is 0 Å². The smallest absolute Gasteiger partial charge is 0.323 e. The van der Waals surface area contributed by atoms with E-state index in [9.17, 15) is 23.2 Å². The van der Waals surface area contributed by atoms with E-state index in [0.717, 1.165) is 21.4 Å². The summed E-state index contributed by atoms with van der Waals surface area (Å²) < 4.78 is 27.1. The summed E-state index contributed by atoms with van der Waals surface area (Å²) in [6.45, 7) is -0.473. The van der Waals surface area contributed by atoms with Gasteiger partial charge in [0.15, 0.2) is 5.78 Å². The summed E-state index contributed by atoms with van der Waals surface area (Å²) in [4.78, 5) is 47.6. The van der Waals surface area contributed by atoms with E-state index < -0.39 is 48.6 Å². The Labute approximate surface area is 187 Å². The summed E-state index contributed by atoms with van der Waals surface area (Å²) in [6.07, 6.45) is 1.84. The van der Waals surface area contributed by atoms with Gasteiger partial charge in [-0.3, -0.25) is 24.5 Å². The molecule has 3 aromatic rings. The standard InChI is InChI=1S/C24H20F2N4O3/c25-24(26)10-8-23(9-11-24)21(32)30(22(33)29-23)14-19(31)16-6-7-18(28-13-16)17-5-1-3-15-4-2-12-27-20(15)17/h1-7,12-13H,8-11,14H2,(H,29,33). The fourth-order valence-electron chi connectivity index (χ4n) is 4.47. The van der Waals surface area contributed by atoms with Gasteiger partial charge in [-0.25, -0.2) is 13.6 Å². The first-order valence-electron chi connectivity index (χ1n) is 10.6. The topological polar surface area (TPSA) is 92.3 Å². The lowest BCUT2D eigenvalue weighted by atomic mass is 9.80. The van der Waals surface area contributed by atoms with Gasteiger partial charge in [0, 0.05) is 41.7 Å². The Hall–Kier alpha value is -3.75. The molecule has 7 nitrogen and oxygen atoms in total. The van der Waals surface area contributed by atoms with Gasteiger partial charge in [0.1, 0.15) is 5.54 Å². The molecule has 0 radical (unpaired) electrons. The van der Waals surface area contributed by atoms with Gasteiger partial charge in [-0.1, -0.05) is 24.3 Å². The average Bonchev–Trinajstić information content (AvgIpc) is 3.05. The number of benzene rings is 1. The highest BCUT2D eigenvalue weighted by atomic mass is 19.3. The molecular formula is C24H20F2N4O3. The van der Waals surface area contributed by atoms with Crippen molar-refractivity contribution in [3.8, 4) is 11.3 Å². The molecule has 168 valence electrons. The van der Waals surface area contributed by atoms with Crippen molar-refractivity contribution in [3.05, 3.63) is 60.4 Å². The third kappa shape index (κ3) is 3.73. The van der Waals surface area contributed by atoms with E-state index >= 15 is 0 Å². The van der Waals surface area contributed by atoms with Gasteiger partial charge >= 0.3 is 6.03 Å². The number of hydrogen-bond acceptors (Lipinski definition) is 5. The number of para-hydroxylation sites is 1. The van der Waals surface area contributed by atoms with Crippen LogP contribution in [0.2, 0.25) is 0 Å². The predicted octanol–water partition coefficient (Wildman–Crippen LogP) is 3.98. The number of hydrogen-bond donors (Lipinski definition) is 1. The molecule has 0 atom stereocenters. The Balaban J connectivity index is 1.32. The molecule has 3 heterocycles. The first-order chi connectivity index (χ1) is 15.8. The molecule has 1 saturated carbocycles. The van der Waals surface area contributed by atoms with Gasteiger partial charge in [0.2, 0.25) is 5.92 Å². The van der Waals surface area contributed by atoms with Crippen molar-refractivity contribution >= 4 is 28.6 Å². The highest BCUT2D eigenvalue weighted by Crippen LogP contribution is 2.41. The van der Waals surface area contributed by atoms with Crippen LogP contribution in [0.25, 0.3) is 22.2 Å². The van der Waals surface area contributed by atoms with Crippen molar-refractivity contribution in [1.82, 2.24) is 20.2 Å². The Kier molecular flexibility index (Phi) is 4.92. The van der Waals surface area contributed by atoms with Gasteiger partial charge in [-0.2, -0.15) is 0 Å². The van der Waals surface area contributed by atoms with Crippen LogP contribution < -0.4 is 5.32 Å². The van der Waals surface area contributed by atoms with Crippen LogP contribution in [0.3, 0.4) is 0 Å². The molecule has 1 N–H and O–H groups in total. The molecular weight excluding hydrogens is 430 g/mol. The van der Waals surface area contributed by atoms with Gasteiger partial charge in [0.05, 0.1) is 17.8 Å². The number of Topliss-reactive ketones (excluding diaryl/α,β-unsaturated/α-hetero) is 1. The van der Waals surface area contributed by atoms with E-state index in [-0.39, 0.29) is 18.4 Å². The number of carbonyl (C=O) groups is 3. The maximum absolute atomic E-state index is 13.5. The van der Waals surface area contributed by atoms with Gasteiger partial charge in [-0.05, 0) is 31.0 Å². The number of alkyl halides is 2. The third-order valence-electron chi connectivity index (χ3n) is 6.38. The van der Waals surface area contributed by atoms with E-state index in [0.29, 0.717) is 5.69 Å². The number of nitrogens with one attached hydrogen (secondary N) is 1. The van der Waals surface area contributed by atoms with E-state index in [1.807, 2.05) is 30.3 Å². The second-order valence-electron chi connectivity index (χ2n) is 8.50. The molecule has 33 heavy (non-hydrogen) atoms. The predicted molar refractivity (Wildman–Crippen MR) is 116 cm³/mol. The number of fused-ring (bicyclic) bond motifs is 1. The number of urea groups is 1. The van der Waals surface area contributed by atoms with Gasteiger partial charge < -0.3 is 5.32 Å². The van der Waals surface area contributed by atoms with E-state index in [4.69, 9.17) is 0 Å². The Morgan fingerprint density at radius 1 is 1.00 bits per heavy atom. The quantitative estimate of drug-likeness (QED) is 0.480. The van der Waals surface area contributed by atoms with Gasteiger partial charge in [-0.15, -0.1) is 0 Å². The van der Waals surface area contributed by atoms with Crippen LogP contribution in [-0.4, -0.2) is 50.6 Å². The summed E-state index contributed by atoms with van der Waals surface area (Å²) in [5, 5.41) is 3.50. The molecule has 1 aromatic carbocycles. The fraction of sp³-hybridized carbons (Fsp3) is 0.292. The number of nitrogens with zero attached hydrogens (tertiary/aromatic N) is 3. The first kappa shape index (κ1) is 21.1. The first-order valence-corrected chi connectivity index (χ1v) is 10.6. The molecule has 9 heteroatoms. The lowest BCUT2D eigenvalue weighted by molar-refractivity contribution is -0.135. The fourth-order valence-corrected chi connectivity index (χ4v) is 4.47. The maximum atomic E-state index is 13.5. The summed E-state index contributed by atoms with van der Waals surface area (Å²) in [5.74, 6) is -3.93. The number of rotatable bonds is 4. The van der Waals surface area contributed by atoms with Crippen molar-refractivity contribution in [2.45, 2.75) is 37.1 Å². The minimum Gasteiger partial charge on any atom is -0.323 e. The Morgan fingerprint density at radius 3 is 2.48 bits per heavy atom. The van der Waals surface area contributed by atoms with E-state index in [1.54, 1.807) is 18.3 Å². The zero-order valence-corrected chi connectivity index (χ0v) is 17.6. The molecule has 2 aromatic heterocycles. The second kappa shape index (κ2) is 7.68. The van der Waals surface area contributed by atoms with Crippen LogP contribution >= 0.6 is 0 Å². The molecule has 1 saturated heterocycles. The largest absolute Gasteiger partial charge is 0.325 e. The van der Waals surface area contributed by atoms with Crippen LogP contribution in [-0.2, 0) is 4.79 Å². The average molecular weight is 450 g/mol. The van der Waals surface area contributed by atoms with Crippen molar-refractivity contribution in [2.24, 2.45) is 0 Å². The number of carbonyl (C=O) groups excluding carboxylic acids is 3. The third-order valence-corrected chi connectivity index (χ3v) is 6.38.